The van der Waals surface area contributed by atoms with Crippen molar-refractivity contribution < 1.29 is 14.2 Å². The maximum Gasteiger partial charge on any atom is 0.123 e. The van der Waals surface area contributed by atoms with Crippen molar-refractivity contribution in [2.45, 2.75) is 31.9 Å². The zero-order chi connectivity index (χ0) is 12.9. The van der Waals surface area contributed by atoms with Crippen LogP contribution >= 0.6 is 0 Å². The molecule has 1 rings (SSSR count). The number of rotatable bonds is 6. The Bertz CT molecular complexity index is 338. The van der Waals surface area contributed by atoms with Crippen molar-refractivity contribution in [1.82, 2.24) is 0 Å². The van der Waals surface area contributed by atoms with Crippen LogP contribution in [0.1, 0.15) is 20.3 Å². The quantitative estimate of drug-likeness (QED) is 0.803. The van der Waals surface area contributed by atoms with Gasteiger partial charge in [0.05, 0.1) is 18.2 Å². The number of anilines is 1. The van der Waals surface area contributed by atoms with Crippen LogP contribution in [0.3, 0.4) is 0 Å². The van der Waals surface area contributed by atoms with Crippen molar-refractivity contribution in [2.24, 2.45) is 0 Å². The average molecular weight is 241 g/mol. The summed E-state index contributed by atoms with van der Waals surface area (Å²) in [5.41, 5.74) is 0.484. The summed E-state index contributed by atoms with van der Waals surface area (Å²) in [5.74, 6) is -0.270. The second-order valence-corrected chi connectivity index (χ2v) is 4.70. The molecule has 0 aliphatic carbocycles. The van der Waals surface area contributed by atoms with Crippen LogP contribution in [0.4, 0.5) is 10.1 Å². The summed E-state index contributed by atoms with van der Waals surface area (Å²) in [6.45, 7) is 3.92. The lowest BCUT2D eigenvalue weighted by Gasteiger charge is -2.28. The number of methoxy groups -OCH3 is 1. The summed E-state index contributed by atoms with van der Waals surface area (Å²) in [5, 5.41) is 12.5. The highest BCUT2D eigenvalue weighted by atomic mass is 19.1. The van der Waals surface area contributed by atoms with Crippen LogP contribution in [-0.4, -0.2) is 30.5 Å². The molecule has 1 unspecified atom stereocenters. The van der Waals surface area contributed by atoms with Crippen LogP contribution in [0.2, 0.25) is 0 Å². The second kappa shape index (κ2) is 5.98. The molecule has 3 nitrogen and oxygen atoms in total. The van der Waals surface area contributed by atoms with Crippen molar-refractivity contribution in [3.8, 4) is 0 Å². The van der Waals surface area contributed by atoms with Crippen LogP contribution < -0.4 is 5.32 Å². The van der Waals surface area contributed by atoms with Gasteiger partial charge in [-0.05, 0) is 44.5 Å². The van der Waals surface area contributed by atoms with Gasteiger partial charge in [-0.1, -0.05) is 0 Å². The number of hydrogen-bond acceptors (Lipinski definition) is 3. The van der Waals surface area contributed by atoms with E-state index in [1.165, 1.54) is 12.1 Å². The number of halogens is 1. The third kappa shape index (κ3) is 4.71. The van der Waals surface area contributed by atoms with Gasteiger partial charge >= 0.3 is 0 Å². The van der Waals surface area contributed by atoms with Gasteiger partial charge in [-0.15, -0.1) is 0 Å². The molecule has 0 fully saturated rings. The molecule has 0 aliphatic rings. The Morgan fingerprint density at radius 2 is 1.94 bits per heavy atom. The molecule has 4 heteroatoms. The van der Waals surface area contributed by atoms with Crippen molar-refractivity contribution >= 4 is 5.69 Å². The molecule has 17 heavy (non-hydrogen) atoms. The topological polar surface area (TPSA) is 41.5 Å². The lowest BCUT2D eigenvalue weighted by molar-refractivity contribution is 0.00748. The van der Waals surface area contributed by atoms with Crippen molar-refractivity contribution in [3.63, 3.8) is 0 Å². The first-order valence-electron chi connectivity index (χ1n) is 5.65. The van der Waals surface area contributed by atoms with Gasteiger partial charge in [-0.3, -0.25) is 0 Å². The fraction of sp³-hybridized carbons (Fsp3) is 0.538. The number of aliphatic hydroxyl groups is 1. The zero-order valence-corrected chi connectivity index (χ0v) is 10.5. The maximum absolute atomic E-state index is 12.7. The van der Waals surface area contributed by atoms with E-state index < -0.39 is 0 Å². The SMILES string of the molecule is COC(C)(C)CC(CO)Nc1ccc(F)cc1. The Labute approximate surface area is 102 Å². The van der Waals surface area contributed by atoms with E-state index in [4.69, 9.17) is 4.74 Å². The number of nitrogens with one attached hydrogen (secondary N) is 1. The van der Waals surface area contributed by atoms with Crippen LogP contribution in [0, 0.1) is 5.82 Å². The van der Waals surface area contributed by atoms with E-state index in [1.807, 2.05) is 13.8 Å². The molecule has 1 aromatic rings. The Kier molecular flexibility index (Phi) is 4.90. The summed E-state index contributed by atoms with van der Waals surface area (Å²) < 4.78 is 18.1. The molecule has 0 saturated carbocycles. The fourth-order valence-electron chi connectivity index (χ4n) is 1.62. The zero-order valence-electron chi connectivity index (χ0n) is 10.5. The molecular weight excluding hydrogens is 221 g/mol. The molecule has 1 aromatic carbocycles. The minimum absolute atomic E-state index is 0.00413. The van der Waals surface area contributed by atoms with E-state index in [-0.39, 0.29) is 24.1 Å². The number of aliphatic hydroxyl groups excluding tert-OH is 1. The minimum Gasteiger partial charge on any atom is -0.394 e. The van der Waals surface area contributed by atoms with Gasteiger partial charge in [0.2, 0.25) is 0 Å². The predicted molar refractivity (Wildman–Crippen MR) is 66.6 cm³/mol. The smallest absolute Gasteiger partial charge is 0.123 e. The average Bonchev–Trinajstić information content (AvgIpc) is 2.31. The monoisotopic (exact) mass is 241 g/mol. The Morgan fingerprint density at radius 1 is 1.35 bits per heavy atom. The lowest BCUT2D eigenvalue weighted by Crippen LogP contribution is -2.35. The van der Waals surface area contributed by atoms with Gasteiger partial charge in [0, 0.05) is 12.8 Å². The van der Waals surface area contributed by atoms with Gasteiger partial charge in [0.25, 0.3) is 0 Å². The van der Waals surface area contributed by atoms with Crippen LogP contribution in [0.15, 0.2) is 24.3 Å². The van der Waals surface area contributed by atoms with E-state index in [1.54, 1.807) is 19.2 Å². The first-order valence-corrected chi connectivity index (χ1v) is 5.65. The molecule has 0 heterocycles. The van der Waals surface area contributed by atoms with Crippen molar-refractivity contribution in [2.75, 3.05) is 19.0 Å². The number of benzene rings is 1. The lowest BCUT2D eigenvalue weighted by atomic mass is 9.99. The molecule has 2 N–H and O–H groups in total. The molecule has 0 bridgehead atoms. The van der Waals surface area contributed by atoms with Gasteiger partial charge in [0.15, 0.2) is 0 Å². The molecule has 0 aliphatic heterocycles. The summed E-state index contributed by atoms with van der Waals surface area (Å²) in [6, 6.07) is 5.96. The Morgan fingerprint density at radius 3 is 2.41 bits per heavy atom. The molecule has 0 aromatic heterocycles. The van der Waals surface area contributed by atoms with E-state index in [9.17, 15) is 9.50 Å². The molecule has 0 radical (unpaired) electrons. The minimum atomic E-state index is -0.305. The molecule has 0 saturated heterocycles. The van der Waals surface area contributed by atoms with Gasteiger partial charge in [-0.2, -0.15) is 0 Å². The third-order valence-corrected chi connectivity index (χ3v) is 2.73. The molecule has 0 spiro atoms. The van der Waals surface area contributed by atoms with Crippen LogP contribution in [-0.2, 0) is 4.74 Å². The fourth-order valence-corrected chi connectivity index (χ4v) is 1.62. The standard InChI is InChI=1S/C13H20FNO2/c1-13(2,17-3)8-12(9-16)15-11-6-4-10(14)5-7-11/h4-7,12,15-16H,8-9H2,1-3H3. The molecule has 0 amide bonds. The molecular formula is C13H20FNO2. The first kappa shape index (κ1) is 13.9. The van der Waals surface area contributed by atoms with Crippen LogP contribution in [0.5, 0.6) is 0 Å². The highest BCUT2D eigenvalue weighted by Crippen LogP contribution is 2.18. The molecule has 96 valence electrons. The number of hydrogen-bond donors (Lipinski definition) is 2. The first-order chi connectivity index (χ1) is 7.96. The Hall–Kier alpha value is -1.13. The van der Waals surface area contributed by atoms with E-state index in [0.717, 1.165) is 5.69 Å². The highest BCUT2D eigenvalue weighted by Gasteiger charge is 2.22. The Balaban J connectivity index is 2.61. The van der Waals surface area contributed by atoms with E-state index in [0.29, 0.717) is 6.42 Å². The van der Waals surface area contributed by atoms with Crippen LogP contribution in [0.25, 0.3) is 0 Å². The van der Waals surface area contributed by atoms with E-state index in [2.05, 4.69) is 5.32 Å². The molecule has 1 atom stereocenters. The van der Waals surface area contributed by atoms with E-state index >= 15 is 0 Å². The predicted octanol–water partition coefficient (Wildman–Crippen LogP) is 2.41. The van der Waals surface area contributed by atoms with Gasteiger partial charge in [-0.25, -0.2) is 4.39 Å². The normalized spacial score (nSPS) is 13.5. The van der Waals surface area contributed by atoms with Crippen molar-refractivity contribution in [3.05, 3.63) is 30.1 Å². The summed E-state index contributed by atoms with van der Waals surface area (Å²) >= 11 is 0. The van der Waals surface area contributed by atoms with Gasteiger partial charge < -0.3 is 15.2 Å². The summed E-state index contributed by atoms with van der Waals surface area (Å²) in [7, 11) is 1.65. The largest absolute Gasteiger partial charge is 0.394 e. The highest BCUT2D eigenvalue weighted by molar-refractivity contribution is 5.43. The van der Waals surface area contributed by atoms with Crippen molar-refractivity contribution in [1.29, 1.82) is 0 Å². The number of ether oxygens (including phenoxy) is 1. The summed E-state index contributed by atoms with van der Waals surface area (Å²) in [6.07, 6.45) is 0.664. The maximum atomic E-state index is 12.7. The second-order valence-electron chi connectivity index (χ2n) is 4.70. The summed E-state index contributed by atoms with van der Waals surface area (Å²) in [4.78, 5) is 0. The van der Waals surface area contributed by atoms with Gasteiger partial charge in [0.1, 0.15) is 5.82 Å². The third-order valence-electron chi connectivity index (χ3n) is 2.73.